The Bertz CT molecular complexity index is 979. The second kappa shape index (κ2) is 7.30. The lowest BCUT2D eigenvalue weighted by Crippen LogP contribution is -2.20. The van der Waals surface area contributed by atoms with Crippen molar-refractivity contribution in [1.29, 1.82) is 0 Å². The number of hydrogen-bond acceptors (Lipinski definition) is 5. The van der Waals surface area contributed by atoms with E-state index in [0.29, 0.717) is 29.1 Å². The molecular formula is C19H21FN6O. The van der Waals surface area contributed by atoms with Gasteiger partial charge in [-0.3, -0.25) is 4.79 Å². The summed E-state index contributed by atoms with van der Waals surface area (Å²) >= 11 is 0. The number of fused-ring (bicyclic) bond motifs is 1. The standard InChI is InChI=1S/C19H21FN6O/c1-13-4-5-14(12-15(13)20)21-19(27)9-8-17-23-22-16-6-7-18(24-26(16)17)25-10-2-3-11-25/h4-7,12H,2-3,8-11H2,1H3,(H,21,27). The SMILES string of the molecule is Cc1ccc(NC(=O)CCc2nnc3ccc(N4CCCC4)nn23)cc1F. The minimum Gasteiger partial charge on any atom is -0.355 e. The minimum absolute atomic E-state index is 0.203. The zero-order valence-corrected chi connectivity index (χ0v) is 15.2. The first-order chi connectivity index (χ1) is 13.1. The van der Waals surface area contributed by atoms with Gasteiger partial charge < -0.3 is 10.2 Å². The van der Waals surface area contributed by atoms with E-state index in [4.69, 9.17) is 0 Å². The molecule has 2 aromatic heterocycles. The van der Waals surface area contributed by atoms with Crippen molar-refractivity contribution in [3.8, 4) is 0 Å². The smallest absolute Gasteiger partial charge is 0.224 e. The van der Waals surface area contributed by atoms with Gasteiger partial charge in [0.05, 0.1) is 0 Å². The lowest BCUT2D eigenvalue weighted by atomic mass is 10.2. The summed E-state index contributed by atoms with van der Waals surface area (Å²) in [6.45, 7) is 3.69. The molecule has 0 atom stereocenters. The van der Waals surface area contributed by atoms with Gasteiger partial charge >= 0.3 is 0 Å². The number of nitrogens with zero attached hydrogens (tertiary/aromatic N) is 5. The number of carbonyl (C=O) groups excluding carboxylic acids is 1. The van der Waals surface area contributed by atoms with Gasteiger partial charge in [-0.05, 0) is 49.6 Å². The highest BCUT2D eigenvalue weighted by Crippen LogP contribution is 2.18. The number of halogens is 1. The molecule has 3 heterocycles. The van der Waals surface area contributed by atoms with Crippen LogP contribution in [0.4, 0.5) is 15.9 Å². The third-order valence-electron chi connectivity index (χ3n) is 4.77. The lowest BCUT2D eigenvalue weighted by molar-refractivity contribution is -0.116. The summed E-state index contributed by atoms with van der Waals surface area (Å²) in [7, 11) is 0. The maximum atomic E-state index is 13.6. The van der Waals surface area contributed by atoms with E-state index in [1.54, 1.807) is 23.6 Å². The fourth-order valence-corrected chi connectivity index (χ4v) is 3.21. The molecule has 7 nitrogen and oxygen atoms in total. The Morgan fingerprint density at radius 1 is 1.19 bits per heavy atom. The van der Waals surface area contributed by atoms with E-state index < -0.39 is 0 Å². The van der Waals surface area contributed by atoms with Gasteiger partial charge in [0.1, 0.15) is 11.6 Å². The van der Waals surface area contributed by atoms with E-state index in [0.717, 1.165) is 18.9 Å². The van der Waals surface area contributed by atoms with Crippen LogP contribution in [0.2, 0.25) is 0 Å². The van der Waals surface area contributed by atoms with Crippen LogP contribution in [0.3, 0.4) is 0 Å². The van der Waals surface area contributed by atoms with E-state index in [2.05, 4.69) is 25.5 Å². The van der Waals surface area contributed by atoms with Crippen LogP contribution in [0.5, 0.6) is 0 Å². The van der Waals surface area contributed by atoms with E-state index in [1.807, 2.05) is 12.1 Å². The first-order valence-electron chi connectivity index (χ1n) is 9.12. The summed E-state index contributed by atoms with van der Waals surface area (Å²) < 4.78 is 15.3. The summed E-state index contributed by atoms with van der Waals surface area (Å²) in [6.07, 6.45) is 2.97. The topological polar surface area (TPSA) is 75.4 Å². The Labute approximate surface area is 156 Å². The van der Waals surface area contributed by atoms with Crippen LogP contribution >= 0.6 is 0 Å². The average molecular weight is 368 g/mol. The van der Waals surface area contributed by atoms with Crippen LogP contribution in [0.15, 0.2) is 30.3 Å². The van der Waals surface area contributed by atoms with Gasteiger partial charge in [0.15, 0.2) is 11.5 Å². The first kappa shape index (κ1) is 17.4. The molecule has 27 heavy (non-hydrogen) atoms. The molecule has 0 saturated carbocycles. The molecule has 4 rings (SSSR count). The number of carbonyl (C=O) groups is 1. The van der Waals surface area contributed by atoms with Crippen LogP contribution in [0.1, 0.15) is 30.7 Å². The largest absolute Gasteiger partial charge is 0.355 e. The molecule has 0 radical (unpaired) electrons. The van der Waals surface area contributed by atoms with Crippen molar-refractivity contribution in [2.45, 2.75) is 32.6 Å². The molecule has 0 bridgehead atoms. The molecule has 0 unspecified atom stereocenters. The normalized spacial score (nSPS) is 14.1. The maximum absolute atomic E-state index is 13.6. The second-order valence-electron chi connectivity index (χ2n) is 6.78. The molecule has 140 valence electrons. The Morgan fingerprint density at radius 2 is 2.00 bits per heavy atom. The molecule has 1 fully saturated rings. The van der Waals surface area contributed by atoms with Crippen molar-refractivity contribution in [3.63, 3.8) is 0 Å². The average Bonchev–Trinajstić information content (AvgIpc) is 3.32. The van der Waals surface area contributed by atoms with E-state index in [-0.39, 0.29) is 18.1 Å². The van der Waals surface area contributed by atoms with Gasteiger partial charge in [0, 0.05) is 31.6 Å². The van der Waals surface area contributed by atoms with E-state index >= 15 is 0 Å². The van der Waals surface area contributed by atoms with Crippen molar-refractivity contribution in [2.24, 2.45) is 0 Å². The van der Waals surface area contributed by atoms with Crippen LogP contribution in [0, 0.1) is 12.7 Å². The lowest BCUT2D eigenvalue weighted by Gasteiger charge is -2.15. The first-order valence-corrected chi connectivity index (χ1v) is 9.12. The summed E-state index contributed by atoms with van der Waals surface area (Å²) in [5.41, 5.74) is 1.65. The highest BCUT2D eigenvalue weighted by molar-refractivity contribution is 5.90. The van der Waals surface area contributed by atoms with Gasteiger partial charge in [-0.2, -0.15) is 4.52 Å². The monoisotopic (exact) mass is 368 g/mol. The van der Waals surface area contributed by atoms with E-state index in [9.17, 15) is 9.18 Å². The fraction of sp³-hybridized carbons (Fsp3) is 0.368. The molecule has 1 aliphatic heterocycles. The van der Waals surface area contributed by atoms with Gasteiger partial charge in [-0.15, -0.1) is 15.3 Å². The molecule has 3 aromatic rings. The Hall–Kier alpha value is -3.03. The number of aryl methyl sites for hydroxylation is 2. The third-order valence-corrected chi connectivity index (χ3v) is 4.77. The zero-order valence-electron chi connectivity index (χ0n) is 15.2. The quantitative estimate of drug-likeness (QED) is 0.749. The van der Waals surface area contributed by atoms with Gasteiger partial charge in [0.25, 0.3) is 0 Å². The molecule has 1 amide bonds. The molecule has 8 heteroatoms. The molecular weight excluding hydrogens is 347 g/mol. The second-order valence-corrected chi connectivity index (χ2v) is 6.78. The predicted molar refractivity (Wildman–Crippen MR) is 100 cm³/mol. The Kier molecular flexibility index (Phi) is 4.70. The minimum atomic E-state index is -0.338. The molecule has 0 aliphatic carbocycles. The number of benzene rings is 1. The fourth-order valence-electron chi connectivity index (χ4n) is 3.21. The highest BCUT2D eigenvalue weighted by Gasteiger charge is 2.16. The zero-order chi connectivity index (χ0) is 18.8. The number of hydrogen-bond donors (Lipinski definition) is 1. The summed E-state index contributed by atoms with van der Waals surface area (Å²) in [5, 5.41) is 15.6. The molecule has 0 spiro atoms. The van der Waals surface area contributed by atoms with Gasteiger partial charge in [-0.25, -0.2) is 4.39 Å². The number of aromatic nitrogens is 4. The van der Waals surface area contributed by atoms with Crippen molar-refractivity contribution in [2.75, 3.05) is 23.3 Å². The number of anilines is 2. The summed E-state index contributed by atoms with van der Waals surface area (Å²) in [4.78, 5) is 14.4. The summed E-state index contributed by atoms with van der Waals surface area (Å²) in [5.74, 6) is 0.998. The van der Waals surface area contributed by atoms with Crippen molar-refractivity contribution >= 4 is 23.1 Å². The highest BCUT2D eigenvalue weighted by atomic mass is 19.1. The number of amides is 1. The molecule has 1 aliphatic rings. The molecule has 1 aromatic carbocycles. The number of nitrogens with one attached hydrogen (secondary N) is 1. The predicted octanol–water partition coefficient (Wildman–Crippen LogP) is 2.74. The van der Waals surface area contributed by atoms with Crippen LogP contribution in [0.25, 0.3) is 5.65 Å². The Morgan fingerprint density at radius 3 is 2.78 bits per heavy atom. The van der Waals surface area contributed by atoms with Crippen LogP contribution in [-0.2, 0) is 11.2 Å². The Balaban J connectivity index is 1.44. The molecule has 1 saturated heterocycles. The van der Waals surface area contributed by atoms with Gasteiger partial charge in [-0.1, -0.05) is 6.07 Å². The van der Waals surface area contributed by atoms with Gasteiger partial charge in [0.2, 0.25) is 5.91 Å². The van der Waals surface area contributed by atoms with Crippen molar-refractivity contribution in [1.82, 2.24) is 19.8 Å². The third kappa shape index (κ3) is 3.74. The maximum Gasteiger partial charge on any atom is 0.224 e. The summed E-state index contributed by atoms with van der Waals surface area (Å²) in [6, 6.07) is 8.50. The number of rotatable bonds is 5. The molecule has 1 N–H and O–H groups in total. The van der Waals surface area contributed by atoms with Crippen molar-refractivity contribution in [3.05, 3.63) is 47.5 Å². The van der Waals surface area contributed by atoms with Crippen LogP contribution < -0.4 is 10.2 Å². The van der Waals surface area contributed by atoms with E-state index in [1.165, 1.54) is 18.9 Å². The van der Waals surface area contributed by atoms with Crippen molar-refractivity contribution < 1.29 is 9.18 Å². The van der Waals surface area contributed by atoms with Crippen LogP contribution in [-0.4, -0.2) is 38.8 Å².